The van der Waals surface area contributed by atoms with E-state index in [1.165, 1.54) is 0 Å². The molecule has 0 saturated carbocycles. The van der Waals surface area contributed by atoms with Crippen LogP contribution in [0.4, 0.5) is 10.5 Å². The number of nitrogens with zero attached hydrogens (tertiary/aromatic N) is 1. The van der Waals surface area contributed by atoms with E-state index in [4.69, 9.17) is 4.74 Å². The van der Waals surface area contributed by atoms with Gasteiger partial charge in [0.25, 0.3) is 5.91 Å². The zero-order chi connectivity index (χ0) is 25.8. The summed E-state index contributed by atoms with van der Waals surface area (Å²) in [6.45, 7) is 1.97. The third-order valence-corrected chi connectivity index (χ3v) is 7.52. The van der Waals surface area contributed by atoms with Crippen LogP contribution in [-0.4, -0.2) is 29.3 Å². The standard InChI is InChI=1S/C26H20I3N3O4/c1-15-3-2-4-19(9-15)30-23(33)13-32-25(34)22(31-26(32)35)12-17-10-20(28)24(21(29)11-17)36-14-16-5-7-18(27)8-6-16/h2-12H,13-14H2,1H3,(H,30,33)(H,31,35)/b22-12+. The molecule has 3 aromatic rings. The van der Waals surface area contributed by atoms with Gasteiger partial charge in [0.05, 0.1) is 7.14 Å². The molecule has 1 heterocycles. The SMILES string of the molecule is Cc1cccc(NC(=O)CN2C(=O)N/C(=C/c3cc(I)c(OCc4ccc(I)cc4)c(I)c3)C2=O)c1. The van der Waals surface area contributed by atoms with Gasteiger partial charge in [0, 0.05) is 9.26 Å². The van der Waals surface area contributed by atoms with Gasteiger partial charge in [-0.3, -0.25) is 9.59 Å². The number of carbonyl (C=O) groups excluding carboxylic acids is 3. The molecule has 0 aliphatic carbocycles. The number of hydrogen-bond acceptors (Lipinski definition) is 4. The van der Waals surface area contributed by atoms with E-state index >= 15 is 0 Å². The van der Waals surface area contributed by atoms with Gasteiger partial charge in [-0.25, -0.2) is 9.69 Å². The predicted octanol–water partition coefficient (Wildman–Crippen LogP) is 5.92. The fourth-order valence-corrected chi connectivity index (χ4v) is 5.97. The number of ether oxygens (including phenoxy) is 1. The quantitative estimate of drug-likeness (QED) is 0.176. The van der Waals surface area contributed by atoms with Crippen LogP contribution in [0.1, 0.15) is 16.7 Å². The highest BCUT2D eigenvalue weighted by molar-refractivity contribution is 14.1. The van der Waals surface area contributed by atoms with E-state index in [-0.39, 0.29) is 12.2 Å². The summed E-state index contributed by atoms with van der Waals surface area (Å²) in [5, 5.41) is 5.28. The van der Waals surface area contributed by atoms with Crippen LogP contribution in [-0.2, 0) is 16.2 Å². The van der Waals surface area contributed by atoms with E-state index in [1.807, 2.05) is 61.5 Å². The number of imide groups is 1. The van der Waals surface area contributed by atoms with Crippen molar-refractivity contribution >= 4 is 97.4 Å². The molecular formula is C26H20I3N3O4. The summed E-state index contributed by atoms with van der Waals surface area (Å²) in [6, 6.07) is 18.5. The zero-order valence-electron chi connectivity index (χ0n) is 19.0. The number of rotatable bonds is 7. The van der Waals surface area contributed by atoms with Crippen molar-refractivity contribution in [2.75, 3.05) is 11.9 Å². The van der Waals surface area contributed by atoms with Crippen molar-refractivity contribution < 1.29 is 19.1 Å². The topological polar surface area (TPSA) is 87.7 Å². The molecule has 0 bridgehead atoms. The Morgan fingerprint density at radius 1 is 1.03 bits per heavy atom. The third-order valence-electron chi connectivity index (χ3n) is 5.19. The number of hydrogen-bond donors (Lipinski definition) is 2. The van der Waals surface area contributed by atoms with Crippen molar-refractivity contribution in [3.05, 3.63) is 93.8 Å². The molecule has 10 heteroatoms. The third kappa shape index (κ3) is 6.76. The van der Waals surface area contributed by atoms with Crippen molar-refractivity contribution in [1.82, 2.24) is 10.2 Å². The average molecular weight is 819 g/mol. The summed E-state index contributed by atoms with van der Waals surface area (Å²) in [6.07, 6.45) is 1.60. The van der Waals surface area contributed by atoms with Crippen molar-refractivity contribution in [3.8, 4) is 5.75 Å². The van der Waals surface area contributed by atoms with Crippen molar-refractivity contribution in [2.24, 2.45) is 0 Å². The highest BCUT2D eigenvalue weighted by Gasteiger charge is 2.35. The van der Waals surface area contributed by atoms with Gasteiger partial charge in [-0.2, -0.15) is 0 Å². The van der Waals surface area contributed by atoms with E-state index in [0.717, 1.165) is 38.1 Å². The van der Waals surface area contributed by atoms with Gasteiger partial charge in [-0.1, -0.05) is 24.3 Å². The molecule has 1 saturated heterocycles. The summed E-state index contributed by atoms with van der Waals surface area (Å²) in [5.41, 5.74) is 3.52. The first kappa shape index (κ1) is 26.9. The number of benzene rings is 3. The first-order chi connectivity index (χ1) is 17.2. The minimum atomic E-state index is -0.632. The Bertz CT molecular complexity index is 1350. The van der Waals surface area contributed by atoms with Crippen LogP contribution in [0.15, 0.2) is 66.4 Å². The van der Waals surface area contributed by atoms with Gasteiger partial charge in [0.15, 0.2) is 0 Å². The summed E-state index contributed by atoms with van der Waals surface area (Å²) >= 11 is 6.65. The Morgan fingerprint density at radius 2 is 1.72 bits per heavy atom. The molecule has 1 fully saturated rings. The fraction of sp³-hybridized carbons (Fsp3) is 0.115. The Balaban J connectivity index is 1.43. The van der Waals surface area contributed by atoms with Gasteiger partial charge in [0.1, 0.15) is 24.6 Å². The minimum absolute atomic E-state index is 0.113. The molecule has 7 nitrogen and oxygen atoms in total. The highest BCUT2D eigenvalue weighted by Crippen LogP contribution is 2.31. The monoisotopic (exact) mass is 819 g/mol. The number of urea groups is 1. The van der Waals surface area contributed by atoms with E-state index in [1.54, 1.807) is 12.1 Å². The molecule has 1 aliphatic rings. The van der Waals surface area contributed by atoms with Crippen molar-refractivity contribution in [3.63, 3.8) is 0 Å². The lowest BCUT2D eigenvalue weighted by Crippen LogP contribution is -2.38. The van der Waals surface area contributed by atoms with Gasteiger partial charge in [-0.15, -0.1) is 0 Å². The van der Waals surface area contributed by atoms with E-state index in [0.29, 0.717) is 12.3 Å². The van der Waals surface area contributed by atoms with Crippen LogP contribution in [0.2, 0.25) is 0 Å². The molecular weight excluding hydrogens is 799 g/mol. The van der Waals surface area contributed by atoms with Crippen LogP contribution in [0.25, 0.3) is 6.08 Å². The number of anilines is 1. The molecule has 0 unspecified atom stereocenters. The van der Waals surface area contributed by atoms with Crippen LogP contribution in [0.5, 0.6) is 5.75 Å². The summed E-state index contributed by atoms with van der Waals surface area (Å²) in [5.74, 6) is -0.249. The number of halogens is 3. The largest absolute Gasteiger partial charge is 0.487 e. The Labute approximate surface area is 249 Å². The van der Waals surface area contributed by atoms with Crippen molar-refractivity contribution in [2.45, 2.75) is 13.5 Å². The maximum Gasteiger partial charge on any atom is 0.329 e. The van der Waals surface area contributed by atoms with Gasteiger partial charge < -0.3 is 15.4 Å². The number of carbonyl (C=O) groups is 3. The molecule has 0 spiro atoms. The molecule has 1 aliphatic heterocycles. The first-order valence-corrected chi connectivity index (χ1v) is 14.0. The Kier molecular flexibility index (Phi) is 8.87. The smallest absolute Gasteiger partial charge is 0.329 e. The van der Waals surface area contributed by atoms with Crippen LogP contribution in [0, 0.1) is 17.6 Å². The molecule has 0 radical (unpaired) electrons. The fourth-order valence-electron chi connectivity index (χ4n) is 3.49. The summed E-state index contributed by atoms with van der Waals surface area (Å²) < 4.78 is 8.97. The first-order valence-electron chi connectivity index (χ1n) is 10.8. The van der Waals surface area contributed by atoms with Crippen LogP contribution in [0.3, 0.4) is 0 Å². The van der Waals surface area contributed by atoms with Crippen LogP contribution < -0.4 is 15.4 Å². The van der Waals surface area contributed by atoms with Gasteiger partial charge in [-0.05, 0) is 134 Å². The lowest BCUT2D eigenvalue weighted by molar-refractivity contribution is -0.127. The van der Waals surface area contributed by atoms with E-state index < -0.39 is 17.8 Å². The normalized spacial score (nSPS) is 14.2. The molecule has 4 amide bonds. The molecule has 4 rings (SSSR count). The maximum absolute atomic E-state index is 12.8. The van der Waals surface area contributed by atoms with Crippen molar-refractivity contribution in [1.29, 1.82) is 0 Å². The zero-order valence-corrected chi connectivity index (χ0v) is 25.5. The Morgan fingerprint density at radius 3 is 2.39 bits per heavy atom. The highest BCUT2D eigenvalue weighted by atomic mass is 127. The second-order valence-corrected chi connectivity index (χ2v) is 11.6. The second-order valence-electron chi connectivity index (χ2n) is 8.03. The van der Waals surface area contributed by atoms with E-state index in [9.17, 15) is 14.4 Å². The number of nitrogens with one attached hydrogen (secondary N) is 2. The van der Waals surface area contributed by atoms with Crippen LogP contribution >= 0.6 is 67.8 Å². The molecule has 2 N–H and O–H groups in total. The molecule has 36 heavy (non-hydrogen) atoms. The molecule has 184 valence electrons. The second kappa shape index (κ2) is 11.9. The average Bonchev–Trinajstić information content (AvgIpc) is 3.07. The number of amides is 4. The Hall–Kier alpha value is -2.20. The summed E-state index contributed by atoms with van der Waals surface area (Å²) in [4.78, 5) is 38.6. The minimum Gasteiger partial charge on any atom is -0.487 e. The molecule has 0 aromatic heterocycles. The predicted molar refractivity (Wildman–Crippen MR) is 163 cm³/mol. The van der Waals surface area contributed by atoms with Gasteiger partial charge in [0.2, 0.25) is 5.91 Å². The molecule has 3 aromatic carbocycles. The summed E-state index contributed by atoms with van der Waals surface area (Å²) in [7, 11) is 0. The lowest BCUT2D eigenvalue weighted by atomic mass is 10.2. The van der Waals surface area contributed by atoms with Gasteiger partial charge >= 0.3 is 6.03 Å². The van der Waals surface area contributed by atoms with E-state index in [2.05, 4.69) is 78.4 Å². The molecule has 0 atom stereocenters. The lowest BCUT2D eigenvalue weighted by Gasteiger charge is -2.12. The number of aryl methyl sites for hydroxylation is 1. The maximum atomic E-state index is 12.8.